The van der Waals surface area contributed by atoms with E-state index in [0.717, 1.165) is 66.1 Å². The highest BCUT2D eigenvalue weighted by atomic mass is 32.2. The minimum absolute atomic E-state index is 0.0399. The Balaban J connectivity index is 1.13. The zero-order valence-corrected chi connectivity index (χ0v) is 24.5. The Morgan fingerprint density at radius 1 is 1.09 bits per heavy atom. The van der Waals surface area contributed by atoms with Crippen molar-refractivity contribution in [2.24, 2.45) is 0 Å². The van der Waals surface area contributed by atoms with E-state index < -0.39 is 10.0 Å². The molecular formula is C30H34N8O4S. The Hall–Kier alpha value is -4.33. The number of carbonyl (C=O) groups is 1. The number of morpholine rings is 1. The summed E-state index contributed by atoms with van der Waals surface area (Å²) in [7, 11) is -3.91. The largest absolute Gasteiger partial charge is 0.378 e. The van der Waals surface area contributed by atoms with Gasteiger partial charge in [-0.1, -0.05) is 18.7 Å². The van der Waals surface area contributed by atoms with Crippen LogP contribution >= 0.6 is 0 Å². The Morgan fingerprint density at radius 2 is 1.91 bits per heavy atom. The lowest BCUT2D eigenvalue weighted by Crippen LogP contribution is -2.46. The van der Waals surface area contributed by atoms with Gasteiger partial charge in [0.1, 0.15) is 17.8 Å². The fourth-order valence-electron chi connectivity index (χ4n) is 5.57. The lowest BCUT2D eigenvalue weighted by molar-refractivity contribution is -0.117. The maximum absolute atomic E-state index is 13.2. The predicted molar refractivity (Wildman–Crippen MR) is 164 cm³/mol. The van der Waals surface area contributed by atoms with Crippen molar-refractivity contribution >= 4 is 38.5 Å². The second kappa shape index (κ2) is 12.5. The maximum atomic E-state index is 13.2. The Kier molecular flexibility index (Phi) is 8.36. The van der Waals surface area contributed by atoms with Gasteiger partial charge in [-0.3, -0.25) is 14.4 Å². The molecule has 0 bridgehead atoms. The van der Waals surface area contributed by atoms with Crippen LogP contribution in [0.3, 0.4) is 0 Å². The second-order valence-electron chi connectivity index (χ2n) is 10.7. The quantitative estimate of drug-likeness (QED) is 0.246. The van der Waals surface area contributed by atoms with Gasteiger partial charge in [-0.25, -0.2) is 15.0 Å². The third kappa shape index (κ3) is 6.69. The van der Waals surface area contributed by atoms with Gasteiger partial charge in [0.15, 0.2) is 5.03 Å². The van der Waals surface area contributed by atoms with Crippen molar-refractivity contribution in [3.05, 3.63) is 73.2 Å². The first-order valence-corrected chi connectivity index (χ1v) is 15.8. The highest BCUT2D eigenvalue weighted by Crippen LogP contribution is 2.30. The molecule has 2 saturated heterocycles. The lowest BCUT2D eigenvalue weighted by Gasteiger charge is -2.33. The first kappa shape index (κ1) is 28.8. The number of fused-ring (bicyclic) bond motifs is 1. The summed E-state index contributed by atoms with van der Waals surface area (Å²) >= 11 is 0. The number of pyridine rings is 1. The lowest BCUT2D eigenvalue weighted by atomic mass is 10.0. The molecule has 12 nitrogen and oxygen atoms in total. The van der Waals surface area contributed by atoms with Crippen LogP contribution in [0.1, 0.15) is 18.4 Å². The number of sulfonamides is 1. The van der Waals surface area contributed by atoms with Gasteiger partial charge in [0, 0.05) is 49.8 Å². The summed E-state index contributed by atoms with van der Waals surface area (Å²) in [6.07, 6.45) is 6.19. The van der Waals surface area contributed by atoms with Gasteiger partial charge >= 0.3 is 0 Å². The van der Waals surface area contributed by atoms with Crippen LogP contribution in [0.4, 0.5) is 11.5 Å². The Morgan fingerprint density at radius 3 is 2.70 bits per heavy atom. The predicted octanol–water partition coefficient (Wildman–Crippen LogP) is 2.92. The van der Waals surface area contributed by atoms with Gasteiger partial charge in [0.05, 0.1) is 18.6 Å². The minimum Gasteiger partial charge on any atom is -0.378 e. The topological polar surface area (TPSA) is 145 Å². The average molecular weight is 603 g/mol. The maximum Gasteiger partial charge on any atom is 0.279 e. The molecule has 0 radical (unpaired) electrons. The summed E-state index contributed by atoms with van der Waals surface area (Å²) in [5.74, 6) is 0.686. The Bertz CT molecular complexity index is 1720. The second-order valence-corrected chi connectivity index (χ2v) is 12.3. The molecule has 4 aromatic rings. The summed E-state index contributed by atoms with van der Waals surface area (Å²) < 4.78 is 34.6. The Labute approximate surface area is 250 Å². The van der Waals surface area contributed by atoms with Crippen molar-refractivity contribution in [2.45, 2.75) is 30.5 Å². The van der Waals surface area contributed by atoms with E-state index in [1.54, 1.807) is 24.5 Å². The number of rotatable bonds is 9. The molecule has 3 N–H and O–H groups in total. The third-order valence-corrected chi connectivity index (χ3v) is 8.96. The van der Waals surface area contributed by atoms with E-state index >= 15 is 0 Å². The SMILES string of the molecule is C=CC(=O)NC1CCCN(Cc2ccnc(S(=O)(=O)Nc3ccc(-c4cc5c(N6CCOCC6)ncnc5[nH]4)cc3)c2)C1. The summed E-state index contributed by atoms with van der Waals surface area (Å²) in [6, 6.07) is 12.6. The molecule has 0 saturated carbocycles. The van der Waals surface area contributed by atoms with Crippen LogP contribution in [-0.4, -0.2) is 84.6 Å². The van der Waals surface area contributed by atoms with E-state index in [-0.39, 0.29) is 17.0 Å². The summed E-state index contributed by atoms with van der Waals surface area (Å²) in [4.78, 5) is 32.5. The number of nitrogens with zero attached hydrogens (tertiary/aromatic N) is 5. The number of amides is 1. The molecule has 1 amide bonds. The van der Waals surface area contributed by atoms with Crippen LogP contribution in [0.25, 0.3) is 22.3 Å². The normalized spacial score (nSPS) is 18.0. The molecule has 0 aliphatic carbocycles. The average Bonchev–Trinajstić information content (AvgIpc) is 3.47. The minimum atomic E-state index is -3.91. The molecule has 2 aliphatic rings. The van der Waals surface area contributed by atoms with Crippen LogP contribution in [0.5, 0.6) is 0 Å². The molecule has 13 heteroatoms. The number of hydrogen-bond acceptors (Lipinski definition) is 9. The van der Waals surface area contributed by atoms with Crippen molar-refractivity contribution in [1.29, 1.82) is 0 Å². The van der Waals surface area contributed by atoms with Crippen LogP contribution in [0, 0.1) is 0 Å². The van der Waals surface area contributed by atoms with Gasteiger partial charge < -0.3 is 19.9 Å². The summed E-state index contributed by atoms with van der Waals surface area (Å²) in [5.41, 5.74) is 3.75. The van der Waals surface area contributed by atoms with Gasteiger partial charge in [-0.05, 0) is 66.9 Å². The van der Waals surface area contributed by atoms with Crippen molar-refractivity contribution < 1.29 is 17.9 Å². The molecule has 5 heterocycles. The number of anilines is 2. The number of benzene rings is 1. The van der Waals surface area contributed by atoms with Gasteiger partial charge in [-0.2, -0.15) is 8.42 Å². The number of aromatic amines is 1. The zero-order chi connectivity index (χ0) is 29.8. The highest BCUT2D eigenvalue weighted by molar-refractivity contribution is 7.92. The number of aromatic nitrogens is 4. The number of H-pyrrole nitrogens is 1. The number of carbonyl (C=O) groups excluding carboxylic acids is 1. The van der Waals surface area contributed by atoms with Gasteiger partial charge in [-0.15, -0.1) is 0 Å². The molecule has 224 valence electrons. The highest BCUT2D eigenvalue weighted by Gasteiger charge is 2.23. The molecule has 6 rings (SSSR count). The van der Waals surface area contributed by atoms with E-state index in [2.05, 4.69) is 46.4 Å². The summed E-state index contributed by atoms with van der Waals surface area (Å²) in [6.45, 7) is 8.49. The molecular weight excluding hydrogens is 568 g/mol. The molecule has 1 aromatic carbocycles. The van der Waals surface area contributed by atoms with E-state index in [1.807, 2.05) is 24.3 Å². The number of likely N-dealkylation sites (tertiary alicyclic amines) is 1. The van der Waals surface area contributed by atoms with Crippen molar-refractivity contribution in [2.75, 3.05) is 49.0 Å². The molecule has 1 unspecified atom stereocenters. The molecule has 3 aromatic heterocycles. The fraction of sp³-hybridized carbons (Fsp3) is 0.333. The molecule has 0 spiro atoms. The van der Waals surface area contributed by atoms with Crippen molar-refractivity contribution in [3.63, 3.8) is 0 Å². The molecule has 2 aliphatic heterocycles. The van der Waals surface area contributed by atoms with E-state index in [4.69, 9.17) is 4.74 Å². The van der Waals surface area contributed by atoms with Crippen LogP contribution in [0.2, 0.25) is 0 Å². The third-order valence-electron chi connectivity index (χ3n) is 7.68. The van der Waals surface area contributed by atoms with Crippen LogP contribution in [0.15, 0.2) is 72.7 Å². The zero-order valence-electron chi connectivity index (χ0n) is 23.7. The first-order valence-electron chi connectivity index (χ1n) is 14.3. The fourth-order valence-corrected chi connectivity index (χ4v) is 6.62. The molecule has 1 atom stereocenters. The van der Waals surface area contributed by atoms with Crippen LogP contribution in [-0.2, 0) is 26.1 Å². The van der Waals surface area contributed by atoms with Crippen LogP contribution < -0.4 is 14.9 Å². The van der Waals surface area contributed by atoms with Crippen molar-refractivity contribution in [1.82, 2.24) is 30.2 Å². The number of hydrogen-bond donors (Lipinski definition) is 3. The smallest absolute Gasteiger partial charge is 0.279 e. The number of nitrogens with one attached hydrogen (secondary N) is 3. The summed E-state index contributed by atoms with van der Waals surface area (Å²) in [5, 5.41) is 3.83. The van der Waals surface area contributed by atoms with Crippen molar-refractivity contribution in [3.8, 4) is 11.3 Å². The number of piperidine rings is 1. The van der Waals surface area contributed by atoms with E-state index in [1.165, 1.54) is 12.3 Å². The molecule has 2 fully saturated rings. The standard InChI is InChI=1S/C30H34N8O4S/c1-2-27(39)34-24-4-3-11-37(19-24)18-21-9-10-31-28(16-21)43(40,41)36-23-7-5-22(6-8-23)26-17-25-29(35-26)32-20-33-30(25)38-12-14-42-15-13-38/h2,5-10,16-17,20,24,36H,1,3-4,11-15,18-19H2,(H,34,39)(H,32,33,35). The molecule has 43 heavy (non-hydrogen) atoms. The van der Waals surface area contributed by atoms with Gasteiger partial charge in [0.25, 0.3) is 10.0 Å². The van der Waals surface area contributed by atoms with E-state index in [9.17, 15) is 13.2 Å². The van der Waals surface area contributed by atoms with E-state index in [0.29, 0.717) is 32.0 Å². The number of ether oxygens (including phenoxy) is 1. The van der Waals surface area contributed by atoms with Gasteiger partial charge in [0.2, 0.25) is 5.91 Å². The first-order chi connectivity index (χ1) is 20.9. The monoisotopic (exact) mass is 602 g/mol.